The lowest BCUT2D eigenvalue weighted by Crippen LogP contribution is -2.34. The van der Waals surface area contributed by atoms with Gasteiger partial charge in [-0.3, -0.25) is 0 Å². The molecule has 0 unspecified atom stereocenters. The predicted octanol–water partition coefficient (Wildman–Crippen LogP) is 3.57. The average Bonchev–Trinajstić information content (AvgIpc) is 1.79. The molecule has 80 valence electrons. The molecule has 0 amide bonds. The summed E-state index contributed by atoms with van der Waals surface area (Å²) < 4.78 is 41.1. The number of hydrogen-bond donors (Lipinski definition) is 0. The van der Waals surface area contributed by atoms with E-state index < -0.39 is 20.9 Å². The van der Waals surface area contributed by atoms with Gasteiger partial charge in [0, 0.05) is 12.5 Å². The molecule has 0 rings (SSSR count). The monoisotopic (exact) mass is 214 g/mol. The molecule has 0 aliphatic rings. The maximum atomic E-state index is 11.9. The fourth-order valence-corrected chi connectivity index (χ4v) is 3.42. The van der Waals surface area contributed by atoms with Gasteiger partial charge in [0.05, 0.1) is 0 Å². The van der Waals surface area contributed by atoms with Crippen molar-refractivity contribution >= 4 is 8.32 Å². The molecule has 1 nitrogen and oxygen atoms in total. The summed E-state index contributed by atoms with van der Waals surface area (Å²) in [4.78, 5) is 0. The van der Waals surface area contributed by atoms with E-state index in [0.717, 1.165) is 0 Å². The molecule has 0 N–H and O–H groups in total. The zero-order chi connectivity index (χ0) is 10.7. The minimum absolute atomic E-state index is 0.0231. The van der Waals surface area contributed by atoms with Crippen molar-refractivity contribution in [1.29, 1.82) is 0 Å². The lowest BCUT2D eigenvalue weighted by Gasteiger charge is -2.25. The van der Waals surface area contributed by atoms with Crippen LogP contribution in [0.5, 0.6) is 0 Å². The highest BCUT2D eigenvalue weighted by Gasteiger charge is 2.33. The second-order valence-electron chi connectivity index (χ2n) is 4.04. The summed E-state index contributed by atoms with van der Waals surface area (Å²) in [5.41, 5.74) is 0. The average molecular weight is 214 g/mol. The van der Waals surface area contributed by atoms with Crippen LogP contribution in [0, 0.1) is 0 Å². The second-order valence-corrected chi connectivity index (χ2v) is 8.30. The minimum Gasteiger partial charge on any atom is -0.415 e. The van der Waals surface area contributed by atoms with Crippen molar-refractivity contribution in [1.82, 2.24) is 0 Å². The summed E-state index contributed by atoms with van der Waals surface area (Å²) in [5, 5.41) is 0. The fourth-order valence-electron chi connectivity index (χ4n) is 1.14. The Balaban J connectivity index is 3.89. The van der Waals surface area contributed by atoms with E-state index in [0.29, 0.717) is 0 Å². The topological polar surface area (TPSA) is 9.23 Å². The standard InChI is InChI=1S/C8H17F3OSi/c1-7(2)12-13(3,4)6-5-8(9,10)11/h7H,5-6H2,1-4H3. The summed E-state index contributed by atoms with van der Waals surface area (Å²) in [6.07, 6.45) is -4.75. The van der Waals surface area contributed by atoms with Crippen LogP contribution in [0.4, 0.5) is 13.2 Å². The molecule has 5 heteroatoms. The first-order valence-electron chi connectivity index (χ1n) is 4.37. The van der Waals surface area contributed by atoms with Crippen LogP contribution in [0.2, 0.25) is 19.1 Å². The van der Waals surface area contributed by atoms with Gasteiger partial charge in [-0.25, -0.2) is 0 Å². The molecule has 0 spiro atoms. The third-order valence-electron chi connectivity index (χ3n) is 1.57. The van der Waals surface area contributed by atoms with Crippen molar-refractivity contribution in [3.05, 3.63) is 0 Å². The zero-order valence-corrected chi connectivity index (χ0v) is 9.53. The summed E-state index contributed by atoms with van der Waals surface area (Å²) in [7, 11) is -2.10. The number of alkyl halides is 3. The molecule has 0 saturated carbocycles. The summed E-state index contributed by atoms with van der Waals surface area (Å²) >= 11 is 0. The quantitative estimate of drug-likeness (QED) is 0.650. The summed E-state index contributed by atoms with van der Waals surface area (Å²) in [6, 6.07) is 0.147. The van der Waals surface area contributed by atoms with E-state index in [2.05, 4.69) is 0 Å². The summed E-state index contributed by atoms with van der Waals surface area (Å²) in [6.45, 7) is 7.34. The lowest BCUT2D eigenvalue weighted by atomic mass is 10.5. The molecule has 0 radical (unpaired) electrons. The Morgan fingerprint density at radius 2 is 1.69 bits per heavy atom. The first-order chi connectivity index (χ1) is 5.62. The molecule has 0 aliphatic carbocycles. The molecule has 0 fully saturated rings. The predicted molar refractivity (Wildman–Crippen MR) is 49.2 cm³/mol. The second kappa shape index (κ2) is 4.46. The maximum absolute atomic E-state index is 11.9. The first kappa shape index (κ1) is 13.0. The molecule has 0 saturated heterocycles. The van der Waals surface area contributed by atoms with Crippen LogP contribution < -0.4 is 0 Å². The van der Waals surface area contributed by atoms with Crippen LogP contribution in [0.15, 0.2) is 0 Å². The Morgan fingerprint density at radius 1 is 1.23 bits per heavy atom. The van der Waals surface area contributed by atoms with Gasteiger partial charge in [-0.2, -0.15) is 13.2 Å². The molecule has 0 bridgehead atoms. The highest BCUT2D eigenvalue weighted by atomic mass is 28.4. The van der Waals surface area contributed by atoms with Gasteiger partial charge in [0.25, 0.3) is 0 Å². The molecule has 0 aromatic rings. The number of rotatable bonds is 4. The molecule has 0 heterocycles. The van der Waals surface area contributed by atoms with Crippen LogP contribution in [0.1, 0.15) is 20.3 Å². The van der Waals surface area contributed by atoms with Gasteiger partial charge < -0.3 is 4.43 Å². The smallest absolute Gasteiger partial charge is 0.388 e. The minimum atomic E-state index is -4.05. The highest BCUT2D eigenvalue weighted by molar-refractivity contribution is 6.71. The van der Waals surface area contributed by atoms with Gasteiger partial charge in [0.15, 0.2) is 8.32 Å². The van der Waals surface area contributed by atoms with Crippen molar-refractivity contribution in [3.8, 4) is 0 Å². The van der Waals surface area contributed by atoms with Gasteiger partial charge in [-0.05, 0) is 33.0 Å². The normalized spacial score (nSPS) is 13.8. The van der Waals surface area contributed by atoms with Crippen molar-refractivity contribution in [2.45, 2.75) is 51.7 Å². The Hall–Kier alpha value is -0.0331. The lowest BCUT2D eigenvalue weighted by molar-refractivity contribution is -0.131. The Kier molecular flexibility index (Phi) is 4.45. The van der Waals surface area contributed by atoms with Crippen LogP contribution in [0.3, 0.4) is 0 Å². The largest absolute Gasteiger partial charge is 0.415 e. The van der Waals surface area contributed by atoms with E-state index >= 15 is 0 Å². The maximum Gasteiger partial charge on any atom is 0.388 e. The molecule has 0 atom stereocenters. The molecular weight excluding hydrogens is 197 g/mol. The van der Waals surface area contributed by atoms with Gasteiger partial charge in [0.1, 0.15) is 0 Å². The van der Waals surface area contributed by atoms with Crippen molar-refractivity contribution in [2.75, 3.05) is 0 Å². The van der Waals surface area contributed by atoms with Crippen molar-refractivity contribution < 1.29 is 17.6 Å². The van der Waals surface area contributed by atoms with Crippen molar-refractivity contribution in [2.24, 2.45) is 0 Å². The van der Waals surface area contributed by atoms with Gasteiger partial charge in [-0.15, -0.1) is 0 Å². The van der Waals surface area contributed by atoms with E-state index in [9.17, 15) is 13.2 Å². The van der Waals surface area contributed by atoms with Crippen LogP contribution in [0.25, 0.3) is 0 Å². The highest BCUT2D eigenvalue weighted by Crippen LogP contribution is 2.27. The third kappa shape index (κ3) is 8.30. The van der Waals surface area contributed by atoms with E-state index in [-0.39, 0.29) is 12.1 Å². The Labute approximate surface area is 78.4 Å². The SMILES string of the molecule is CC(C)O[Si](C)(C)CCC(F)(F)F. The fraction of sp³-hybridized carbons (Fsp3) is 1.00. The zero-order valence-electron chi connectivity index (χ0n) is 8.53. The van der Waals surface area contributed by atoms with Gasteiger partial charge in [0.2, 0.25) is 0 Å². The van der Waals surface area contributed by atoms with Crippen LogP contribution in [-0.2, 0) is 4.43 Å². The van der Waals surface area contributed by atoms with Crippen LogP contribution >= 0.6 is 0 Å². The number of halogens is 3. The molecule has 0 aliphatic heterocycles. The molecular formula is C8H17F3OSi. The molecule has 0 aromatic carbocycles. The Morgan fingerprint density at radius 3 is 2.00 bits per heavy atom. The Bertz CT molecular complexity index is 154. The van der Waals surface area contributed by atoms with Crippen LogP contribution in [-0.4, -0.2) is 20.6 Å². The summed E-state index contributed by atoms with van der Waals surface area (Å²) in [5.74, 6) is 0. The van der Waals surface area contributed by atoms with E-state index in [4.69, 9.17) is 4.43 Å². The van der Waals surface area contributed by atoms with Gasteiger partial charge in [-0.1, -0.05) is 0 Å². The third-order valence-corrected chi connectivity index (χ3v) is 4.13. The van der Waals surface area contributed by atoms with Gasteiger partial charge >= 0.3 is 6.18 Å². The van der Waals surface area contributed by atoms with Crippen molar-refractivity contribution in [3.63, 3.8) is 0 Å². The first-order valence-corrected chi connectivity index (χ1v) is 7.48. The molecule has 0 aromatic heterocycles. The number of hydrogen-bond acceptors (Lipinski definition) is 1. The van der Waals surface area contributed by atoms with E-state index in [1.807, 2.05) is 26.9 Å². The molecule has 13 heavy (non-hydrogen) atoms. The van der Waals surface area contributed by atoms with E-state index in [1.165, 1.54) is 0 Å². The van der Waals surface area contributed by atoms with E-state index in [1.54, 1.807) is 0 Å².